The van der Waals surface area contributed by atoms with Crippen molar-refractivity contribution in [1.29, 1.82) is 0 Å². The first-order valence-electron chi connectivity index (χ1n) is 7.12. The Kier molecular flexibility index (Phi) is 3.74. The highest BCUT2D eigenvalue weighted by molar-refractivity contribution is 6.06. The number of fused-ring (bicyclic) bond motifs is 1. The fraction of sp³-hybridized carbons (Fsp3) is 0.111. The van der Waals surface area contributed by atoms with Crippen molar-refractivity contribution in [3.63, 3.8) is 0 Å². The first-order chi connectivity index (χ1) is 10.6. The Morgan fingerprint density at radius 3 is 2.91 bits per heavy atom. The molecule has 4 heteroatoms. The number of aryl methyl sites for hydroxylation is 2. The minimum absolute atomic E-state index is 0.165. The van der Waals surface area contributed by atoms with Gasteiger partial charge >= 0.3 is 0 Å². The van der Waals surface area contributed by atoms with Crippen molar-refractivity contribution in [2.75, 3.05) is 5.32 Å². The third-order valence-corrected chi connectivity index (χ3v) is 3.57. The van der Waals surface area contributed by atoms with E-state index in [2.05, 4.69) is 28.5 Å². The number of aromatic amines is 1. The summed E-state index contributed by atoms with van der Waals surface area (Å²) >= 11 is 0. The number of benzene rings is 2. The highest BCUT2D eigenvalue weighted by Gasteiger charge is 2.04. The van der Waals surface area contributed by atoms with E-state index in [9.17, 15) is 4.79 Å². The van der Waals surface area contributed by atoms with Gasteiger partial charge in [-0.25, -0.2) is 0 Å². The van der Waals surface area contributed by atoms with E-state index in [0.29, 0.717) is 0 Å². The van der Waals surface area contributed by atoms with Crippen LogP contribution in [0.4, 0.5) is 5.69 Å². The largest absolute Gasteiger partial charge is 0.321 e. The van der Waals surface area contributed by atoms with Crippen molar-refractivity contribution in [2.45, 2.75) is 13.8 Å². The van der Waals surface area contributed by atoms with E-state index >= 15 is 0 Å². The van der Waals surface area contributed by atoms with Crippen LogP contribution in [0.1, 0.15) is 16.7 Å². The second kappa shape index (κ2) is 5.85. The number of hydrogen-bond donors (Lipinski definition) is 2. The van der Waals surface area contributed by atoms with E-state index in [-0.39, 0.29) is 5.91 Å². The van der Waals surface area contributed by atoms with Gasteiger partial charge in [-0.15, -0.1) is 0 Å². The first-order valence-corrected chi connectivity index (χ1v) is 7.12. The Balaban J connectivity index is 1.77. The van der Waals surface area contributed by atoms with E-state index in [4.69, 9.17) is 0 Å². The molecule has 0 saturated heterocycles. The normalized spacial score (nSPS) is 11.2. The second-order valence-electron chi connectivity index (χ2n) is 5.32. The van der Waals surface area contributed by atoms with Gasteiger partial charge in [0, 0.05) is 11.5 Å². The highest BCUT2D eigenvalue weighted by atomic mass is 16.1. The Morgan fingerprint density at radius 1 is 1.23 bits per heavy atom. The lowest BCUT2D eigenvalue weighted by molar-refractivity contribution is -0.111. The molecule has 0 unspecified atom stereocenters. The highest BCUT2D eigenvalue weighted by Crippen LogP contribution is 2.20. The van der Waals surface area contributed by atoms with Crippen LogP contribution in [0.5, 0.6) is 0 Å². The van der Waals surface area contributed by atoms with Crippen LogP contribution < -0.4 is 5.32 Å². The molecule has 0 bridgehead atoms. The van der Waals surface area contributed by atoms with Crippen molar-refractivity contribution >= 4 is 28.6 Å². The van der Waals surface area contributed by atoms with Gasteiger partial charge in [0.2, 0.25) is 5.91 Å². The lowest BCUT2D eigenvalue weighted by Gasteiger charge is -2.04. The quantitative estimate of drug-likeness (QED) is 0.720. The number of rotatable bonds is 3. The standard InChI is InChI=1S/C18H17N3O/c1-12-6-7-14(13(2)10-12)8-9-17(22)20-16-5-3-4-15-11-19-21-18(15)16/h3-11H,1-2H3,(H,19,21)(H,20,22)/b9-8+. The first kappa shape index (κ1) is 14.1. The zero-order chi connectivity index (χ0) is 15.5. The maximum atomic E-state index is 12.1. The van der Waals surface area contributed by atoms with Gasteiger partial charge in [-0.1, -0.05) is 35.9 Å². The lowest BCUT2D eigenvalue weighted by atomic mass is 10.1. The number of anilines is 1. The topological polar surface area (TPSA) is 57.8 Å². The Hall–Kier alpha value is -2.88. The average molecular weight is 291 g/mol. The predicted molar refractivity (Wildman–Crippen MR) is 89.7 cm³/mol. The Bertz CT molecular complexity index is 862. The number of para-hydroxylation sites is 1. The summed E-state index contributed by atoms with van der Waals surface area (Å²) in [6.07, 6.45) is 5.11. The summed E-state index contributed by atoms with van der Waals surface area (Å²) in [5.41, 5.74) is 4.96. The summed E-state index contributed by atoms with van der Waals surface area (Å²) in [6, 6.07) is 11.8. The van der Waals surface area contributed by atoms with Gasteiger partial charge in [-0.2, -0.15) is 5.10 Å². The zero-order valence-corrected chi connectivity index (χ0v) is 12.6. The predicted octanol–water partition coefficient (Wildman–Crippen LogP) is 3.83. The maximum Gasteiger partial charge on any atom is 0.248 e. The molecule has 3 aromatic rings. The molecule has 0 saturated carbocycles. The fourth-order valence-corrected chi connectivity index (χ4v) is 2.43. The van der Waals surface area contributed by atoms with Crippen LogP contribution in [0.3, 0.4) is 0 Å². The molecular formula is C18H17N3O. The number of nitrogens with zero attached hydrogens (tertiary/aromatic N) is 1. The number of hydrogen-bond acceptors (Lipinski definition) is 2. The third kappa shape index (κ3) is 2.91. The van der Waals surface area contributed by atoms with Crippen LogP contribution in [0, 0.1) is 13.8 Å². The van der Waals surface area contributed by atoms with E-state index in [1.165, 1.54) is 5.56 Å². The van der Waals surface area contributed by atoms with Crippen molar-refractivity contribution in [1.82, 2.24) is 10.2 Å². The van der Waals surface area contributed by atoms with Gasteiger partial charge in [0.1, 0.15) is 0 Å². The summed E-state index contributed by atoms with van der Waals surface area (Å²) in [7, 11) is 0. The molecule has 1 amide bonds. The van der Waals surface area contributed by atoms with Gasteiger partial charge in [-0.3, -0.25) is 9.89 Å². The molecule has 1 heterocycles. The van der Waals surface area contributed by atoms with E-state index in [1.807, 2.05) is 43.3 Å². The molecule has 1 aromatic heterocycles. The van der Waals surface area contributed by atoms with Crippen LogP contribution in [0.2, 0.25) is 0 Å². The summed E-state index contributed by atoms with van der Waals surface area (Å²) in [5.74, 6) is -0.165. The second-order valence-corrected chi connectivity index (χ2v) is 5.32. The molecule has 3 rings (SSSR count). The third-order valence-electron chi connectivity index (χ3n) is 3.57. The van der Waals surface area contributed by atoms with Crippen LogP contribution in [0.15, 0.2) is 48.7 Å². The maximum absolute atomic E-state index is 12.1. The van der Waals surface area contributed by atoms with Gasteiger partial charge in [-0.05, 0) is 37.1 Å². The molecule has 2 aromatic carbocycles. The van der Waals surface area contributed by atoms with Crippen LogP contribution in [-0.4, -0.2) is 16.1 Å². The number of nitrogens with one attached hydrogen (secondary N) is 2. The molecule has 0 spiro atoms. The fourth-order valence-electron chi connectivity index (χ4n) is 2.43. The molecule has 110 valence electrons. The van der Waals surface area contributed by atoms with Crippen molar-refractivity contribution in [2.24, 2.45) is 0 Å². The lowest BCUT2D eigenvalue weighted by Crippen LogP contribution is -2.08. The average Bonchev–Trinajstić information content (AvgIpc) is 2.96. The smallest absolute Gasteiger partial charge is 0.248 e. The van der Waals surface area contributed by atoms with Crippen LogP contribution in [-0.2, 0) is 4.79 Å². The van der Waals surface area contributed by atoms with Gasteiger partial charge in [0.15, 0.2) is 0 Å². The zero-order valence-electron chi connectivity index (χ0n) is 12.6. The molecule has 0 aliphatic carbocycles. The van der Waals surface area contributed by atoms with Gasteiger partial charge < -0.3 is 5.32 Å². The van der Waals surface area contributed by atoms with Gasteiger partial charge in [0.25, 0.3) is 0 Å². The van der Waals surface area contributed by atoms with E-state index in [0.717, 1.165) is 27.7 Å². The Labute approximate surface area is 128 Å². The molecule has 0 fully saturated rings. The molecule has 0 radical (unpaired) electrons. The molecule has 4 nitrogen and oxygen atoms in total. The number of carbonyl (C=O) groups excluding carboxylic acids is 1. The summed E-state index contributed by atoms with van der Waals surface area (Å²) in [4.78, 5) is 12.1. The number of carbonyl (C=O) groups is 1. The molecule has 0 atom stereocenters. The van der Waals surface area contributed by atoms with Gasteiger partial charge in [0.05, 0.1) is 17.4 Å². The van der Waals surface area contributed by atoms with Crippen LogP contribution in [0.25, 0.3) is 17.0 Å². The molecule has 22 heavy (non-hydrogen) atoms. The molecular weight excluding hydrogens is 274 g/mol. The number of amides is 1. The summed E-state index contributed by atoms with van der Waals surface area (Å²) < 4.78 is 0. The minimum atomic E-state index is -0.165. The summed E-state index contributed by atoms with van der Waals surface area (Å²) in [5, 5.41) is 10.7. The number of H-pyrrole nitrogens is 1. The monoisotopic (exact) mass is 291 g/mol. The van der Waals surface area contributed by atoms with Crippen molar-refractivity contribution < 1.29 is 4.79 Å². The van der Waals surface area contributed by atoms with Crippen LogP contribution >= 0.6 is 0 Å². The van der Waals surface area contributed by atoms with Crippen molar-refractivity contribution in [3.8, 4) is 0 Å². The van der Waals surface area contributed by atoms with Crippen molar-refractivity contribution in [3.05, 3.63) is 65.4 Å². The van der Waals surface area contributed by atoms with E-state index < -0.39 is 0 Å². The molecule has 0 aliphatic rings. The Morgan fingerprint density at radius 2 is 2.09 bits per heavy atom. The minimum Gasteiger partial charge on any atom is -0.321 e. The summed E-state index contributed by atoms with van der Waals surface area (Å²) in [6.45, 7) is 4.09. The molecule has 0 aliphatic heterocycles. The van der Waals surface area contributed by atoms with E-state index in [1.54, 1.807) is 12.3 Å². The SMILES string of the molecule is Cc1ccc(/C=C/C(=O)Nc2cccc3cn[nH]c23)c(C)c1. The molecule has 2 N–H and O–H groups in total. The number of aromatic nitrogens is 2.